The first-order chi connectivity index (χ1) is 11.8. The normalized spacial score (nSPS) is 17.7. The maximum Gasteiger partial charge on any atom is 0.131 e. The minimum absolute atomic E-state index is 0.355. The van der Waals surface area contributed by atoms with Crippen LogP contribution in [0.25, 0.3) is 0 Å². The molecule has 1 unspecified atom stereocenters. The third-order valence-electron chi connectivity index (χ3n) is 4.46. The molecule has 1 saturated heterocycles. The number of rotatable bonds is 7. The molecule has 0 amide bonds. The number of aliphatic hydroxyl groups is 1. The highest BCUT2D eigenvalue weighted by atomic mass is 16.5. The highest BCUT2D eigenvalue weighted by Crippen LogP contribution is 2.10. The fourth-order valence-corrected chi connectivity index (χ4v) is 3.02. The summed E-state index contributed by atoms with van der Waals surface area (Å²) in [7, 11) is 0. The average Bonchev–Trinajstić information content (AvgIpc) is 2.64. The van der Waals surface area contributed by atoms with E-state index in [4.69, 9.17) is 4.74 Å². The lowest BCUT2D eigenvalue weighted by Crippen LogP contribution is -2.51. The minimum atomic E-state index is -0.521. The van der Waals surface area contributed by atoms with Gasteiger partial charge in [0.25, 0.3) is 0 Å². The van der Waals surface area contributed by atoms with Gasteiger partial charge in [-0.3, -0.25) is 9.80 Å². The fourth-order valence-electron chi connectivity index (χ4n) is 3.02. The standard InChI is InChI=1S/C20H26N2O2/c23-20(17-24-16-19-9-5-2-6-10-19)22-13-11-21(12-14-22)15-18-7-3-1-4-8-18/h1-10,20,23H,11-17H2. The number of aliphatic hydroxyl groups excluding tert-OH is 1. The molecule has 1 N–H and O–H groups in total. The van der Waals surface area contributed by atoms with E-state index < -0.39 is 6.23 Å². The first-order valence-corrected chi connectivity index (χ1v) is 8.61. The number of ether oxygens (including phenoxy) is 1. The maximum absolute atomic E-state index is 10.3. The van der Waals surface area contributed by atoms with Crippen molar-refractivity contribution in [1.82, 2.24) is 9.80 Å². The highest BCUT2D eigenvalue weighted by Gasteiger charge is 2.22. The van der Waals surface area contributed by atoms with E-state index >= 15 is 0 Å². The van der Waals surface area contributed by atoms with E-state index in [1.165, 1.54) is 5.56 Å². The van der Waals surface area contributed by atoms with Gasteiger partial charge < -0.3 is 9.84 Å². The number of benzene rings is 2. The largest absolute Gasteiger partial charge is 0.376 e. The van der Waals surface area contributed by atoms with Crippen molar-refractivity contribution in [3.05, 3.63) is 71.8 Å². The van der Waals surface area contributed by atoms with Crippen LogP contribution in [0.3, 0.4) is 0 Å². The smallest absolute Gasteiger partial charge is 0.131 e. The molecule has 4 heteroatoms. The molecule has 0 saturated carbocycles. The van der Waals surface area contributed by atoms with Crippen LogP contribution in [0.1, 0.15) is 11.1 Å². The summed E-state index contributed by atoms with van der Waals surface area (Å²) in [5, 5.41) is 10.3. The zero-order valence-electron chi connectivity index (χ0n) is 14.1. The van der Waals surface area contributed by atoms with Crippen molar-refractivity contribution in [3.8, 4) is 0 Å². The van der Waals surface area contributed by atoms with Gasteiger partial charge in [0.05, 0.1) is 13.2 Å². The second-order valence-electron chi connectivity index (χ2n) is 6.28. The van der Waals surface area contributed by atoms with Crippen molar-refractivity contribution in [2.24, 2.45) is 0 Å². The van der Waals surface area contributed by atoms with E-state index in [0.717, 1.165) is 38.3 Å². The van der Waals surface area contributed by atoms with Crippen molar-refractivity contribution in [1.29, 1.82) is 0 Å². The molecule has 0 aromatic heterocycles. The van der Waals surface area contributed by atoms with Crippen LogP contribution in [-0.4, -0.2) is 53.9 Å². The molecule has 1 aliphatic heterocycles. The quantitative estimate of drug-likeness (QED) is 0.847. The molecule has 0 aliphatic carbocycles. The van der Waals surface area contributed by atoms with Crippen molar-refractivity contribution in [2.75, 3.05) is 32.8 Å². The molecule has 0 bridgehead atoms. The Morgan fingerprint density at radius 1 is 0.833 bits per heavy atom. The molecule has 1 atom stereocenters. The Hall–Kier alpha value is -1.72. The first-order valence-electron chi connectivity index (χ1n) is 8.61. The zero-order chi connectivity index (χ0) is 16.6. The van der Waals surface area contributed by atoms with Gasteiger partial charge in [-0.05, 0) is 11.1 Å². The Morgan fingerprint density at radius 3 is 2.04 bits per heavy atom. The van der Waals surface area contributed by atoms with E-state index in [0.29, 0.717) is 13.2 Å². The van der Waals surface area contributed by atoms with Crippen LogP contribution in [0, 0.1) is 0 Å². The molecule has 1 fully saturated rings. The molecule has 1 heterocycles. The van der Waals surface area contributed by atoms with Gasteiger partial charge in [-0.25, -0.2) is 0 Å². The molecule has 4 nitrogen and oxygen atoms in total. The first kappa shape index (κ1) is 17.1. The predicted octanol–water partition coefficient (Wildman–Crippen LogP) is 2.34. The van der Waals surface area contributed by atoms with Crippen LogP contribution >= 0.6 is 0 Å². The second kappa shape index (κ2) is 8.94. The second-order valence-corrected chi connectivity index (χ2v) is 6.28. The van der Waals surface area contributed by atoms with Crippen molar-refractivity contribution >= 4 is 0 Å². The number of hydrogen-bond donors (Lipinski definition) is 1. The van der Waals surface area contributed by atoms with E-state index in [1.807, 2.05) is 36.4 Å². The van der Waals surface area contributed by atoms with Gasteiger partial charge in [-0.1, -0.05) is 60.7 Å². The number of hydrogen-bond acceptors (Lipinski definition) is 4. The lowest BCUT2D eigenvalue weighted by molar-refractivity contribution is -0.0782. The Morgan fingerprint density at radius 2 is 1.42 bits per heavy atom. The van der Waals surface area contributed by atoms with Crippen LogP contribution in [0.2, 0.25) is 0 Å². The van der Waals surface area contributed by atoms with Crippen molar-refractivity contribution in [3.63, 3.8) is 0 Å². The van der Waals surface area contributed by atoms with E-state index in [9.17, 15) is 5.11 Å². The lowest BCUT2D eigenvalue weighted by atomic mass is 10.2. The van der Waals surface area contributed by atoms with Gasteiger partial charge in [-0.2, -0.15) is 0 Å². The molecule has 2 aromatic rings. The van der Waals surface area contributed by atoms with Crippen molar-refractivity contribution < 1.29 is 9.84 Å². The molecule has 1 aliphatic rings. The predicted molar refractivity (Wildman–Crippen MR) is 95.4 cm³/mol. The van der Waals surface area contributed by atoms with E-state index in [1.54, 1.807) is 0 Å². The van der Waals surface area contributed by atoms with E-state index in [2.05, 4.69) is 34.1 Å². The topological polar surface area (TPSA) is 35.9 Å². The zero-order valence-corrected chi connectivity index (χ0v) is 14.1. The summed E-state index contributed by atoms with van der Waals surface area (Å²) in [6.07, 6.45) is -0.521. The summed E-state index contributed by atoms with van der Waals surface area (Å²) in [6.45, 7) is 5.59. The highest BCUT2D eigenvalue weighted by molar-refractivity contribution is 5.14. The molecule has 0 radical (unpaired) electrons. The Kier molecular flexibility index (Phi) is 6.38. The fraction of sp³-hybridized carbons (Fsp3) is 0.400. The Balaban J connectivity index is 1.36. The van der Waals surface area contributed by atoms with E-state index in [-0.39, 0.29) is 0 Å². The third kappa shape index (κ3) is 5.14. The summed E-state index contributed by atoms with van der Waals surface area (Å²) in [5.74, 6) is 0. The summed E-state index contributed by atoms with van der Waals surface area (Å²) in [6, 6.07) is 20.6. The molecular formula is C20H26N2O2. The van der Waals surface area contributed by atoms with Gasteiger partial charge in [0.15, 0.2) is 0 Å². The molecule has 3 rings (SSSR count). The molecule has 128 valence electrons. The molecule has 0 spiro atoms. The van der Waals surface area contributed by atoms with Crippen molar-refractivity contribution in [2.45, 2.75) is 19.4 Å². The molecular weight excluding hydrogens is 300 g/mol. The van der Waals surface area contributed by atoms with Crippen LogP contribution in [0.4, 0.5) is 0 Å². The lowest BCUT2D eigenvalue weighted by Gasteiger charge is -2.37. The summed E-state index contributed by atoms with van der Waals surface area (Å²) in [4.78, 5) is 4.54. The number of piperazine rings is 1. The van der Waals surface area contributed by atoms with Gasteiger partial charge in [0.1, 0.15) is 6.23 Å². The average molecular weight is 326 g/mol. The van der Waals surface area contributed by atoms with Crippen LogP contribution in [0.5, 0.6) is 0 Å². The maximum atomic E-state index is 10.3. The van der Waals surface area contributed by atoms with Crippen LogP contribution in [0.15, 0.2) is 60.7 Å². The SMILES string of the molecule is OC(COCc1ccccc1)N1CCN(Cc2ccccc2)CC1. The van der Waals surface area contributed by atoms with Gasteiger partial charge in [0, 0.05) is 32.7 Å². The van der Waals surface area contributed by atoms with Gasteiger partial charge >= 0.3 is 0 Å². The van der Waals surface area contributed by atoms with Gasteiger partial charge in [0.2, 0.25) is 0 Å². The van der Waals surface area contributed by atoms with Gasteiger partial charge in [-0.15, -0.1) is 0 Å². The third-order valence-corrected chi connectivity index (χ3v) is 4.46. The Labute approximate surface area is 144 Å². The van der Waals surface area contributed by atoms with Crippen LogP contribution < -0.4 is 0 Å². The Bertz CT molecular complexity index is 583. The van der Waals surface area contributed by atoms with Crippen LogP contribution in [-0.2, 0) is 17.9 Å². The molecule has 24 heavy (non-hydrogen) atoms. The summed E-state index contributed by atoms with van der Waals surface area (Å²) >= 11 is 0. The number of nitrogens with zero attached hydrogens (tertiary/aromatic N) is 2. The summed E-state index contributed by atoms with van der Waals surface area (Å²) < 4.78 is 5.65. The summed E-state index contributed by atoms with van der Waals surface area (Å²) in [5.41, 5.74) is 2.48. The molecule has 2 aromatic carbocycles. The minimum Gasteiger partial charge on any atom is -0.376 e. The monoisotopic (exact) mass is 326 g/mol.